The Balaban J connectivity index is 1.77. The Morgan fingerprint density at radius 1 is 1.16 bits per heavy atom. The summed E-state index contributed by atoms with van der Waals surface area (Å²) < 4.78 is 17.3. The minimum atomic E-state index is -0.277. The van der Waals surface area contributed by atoms with E-state index in [0.29, 0.717) is 12.4 Å². The van der Waals surface area contributed by atoms with E-state index in [0.717, 1.165) is 34.7 Å². The van der Waals surface area contributed by atoms with E-state index in [1.54, 1.807) is 16.8 Å². The normalized spacial score (nSPS) is 11.3. The Kier molecular flexibility index (Phi) is 3.76. The number of hydrogen-bond donors (Lipinski definition) is 0. The minimum absolute atomic E-state index is 0.277. The third kappa shape index (κ3) is 2.77. The van der Waals surface area contributed by atoms with Crippen LogP contribution in [0.4, 0.5) is 4.39 Å². The summed E-state index contributed by atoms with van der Waals surface area (Å²) in [6, 6.07) is 8.46. The number of benzene rings is 1. The van der Waals surface area contributed by atoms with Gasteiger partial charge in [0.25, 0.3) is 0 Å². The van der Waals surface area contributed by atoms with Crippen molar-refractivity contribution in [3.05, 3.63) is 65.6 Å². The lowest BCUT2D eigenvalue weighted by atomic mass is 10.1. The van der Waals surface area contributed by atoms with Gasteiger partial charge in [-0.2, -0.15) is 9.61 Å². The van der Waals surface area contributed by atoms with Crippen LogP contribution in [0, 0.1) is 12.7 Å². The van der Waals surface area contributed by atoms with E-state index in [9.17, 15) is 4.39 Å². The lowest BCUT2D eigenvalue weighted by molar-refractivity contribution is 0.628. The van der Waals surface area contributed by atoms with Crippen molar-refractivity contribution in [2.45, 2.75) is 26.8 Å². The molecule has 0 N–H and O–H groups in total. The lowest BCUT2D eigenvalue weighted by Gasteiger charge is -2.11. The highest BCUT2D eigenvalue weighted by Gasteiger charge is 2.13. The molecule has 0 aliphatic carbocycles. The monoisotopic (exact) mass is 336 g/mol. The molecule has 3 aromatic heterocycles. The number of hydrogen-bond acceptors (Lipinski definition) is 4. The van der Waals surface area contributed by atoms with Gasteiger partial charge < -0.3 is 4.57 Å². The number of imidazole rings is 1. The molecule has 0 amide bonds. The number of halogens is 1. The van der Waals surface area contributed by atoms with Crippen LogP contribution < -0.4 is 0 Å². The van der Waals surface area contributed by atoms with Crippen molar-refractivity contribution in [1.82, 2.24) is 29.4 Å². The van der Waals surface area contributed by atoms with Gasteiger partial charge in [0, 0.05) is 18.0 Å². The molecular formula is C18H17FN6. The van der Waals surface area contributed by atoms with Crippen LogP contribution in [0.15, 0.2) is 42.7 Å². The first-order valence-electron chi connectivity index (χ1n) is 8.13. The van der Waals surface area contributed by atoms with E-state index in [2.05, 4.69) is 22.1 Å². The quantitative estimate of drug-likeness (QED) is 0.575. The zero-order valence-corrected chi connectivity index (χ0v) is 14.0. The second-order valence-corrected chi connectivity index (χ2v) is 5.88. The molecule has 0 saturated carbocycles. The molecule has 1 aromatic carbocycles. The van der Waals surface area contributed by atoms with Crippen LogP contribution in [-0.2, 0) is 13.0 Å². The molecular weight excluding hydrogens is 319 g/mol. The number of rotatable bonds is 4. The molecule has 0 radical (unpaired) electrons. The molecule has 0 unspecified atom stereocenters. The zero-order chi connectivity index (χ0) is 17.4. The topological polar surface area (TPSA) is 60.9 Å². The third-order valence-corrected chi connectivity index (χ3v) is 4.21. The third-order valence-electron chi connectivity index (χ3n) is 4.21. The largest absolute Gasteiger partial charge is 0.325 e. The highest BCUT2D eigenvalue weighted by atomic mass is 19.1. The minimum Gasteiger partial charge on any atom is -0.325 e. The summed E-state index contributed by atoms with van der Waals surface area (Å²) in [6.45, 7) is 4.50. The van der Waals surface area contributed by atoms with E-state index in [1.807, 2.05) is 29.8 Å². The van der Waals surface area contributed by atoms with Gasteiger partial charge in [-0.3, -0.25) is 0 Å². The Hall–Kier alpha value is -3.09. The van der Waals surface area contributed by atoms with Crippen LogP contribution in [0.3, 0.4) is 0 Å². The summed E-state index contributed by atoms with van der Waals surface area (Å²) in [5, 5.41) is 12.9. The average Bonchev–Trinajstić information content (AvgIpc) is 3.21. The number of aromatic nitrogens is 6. The van der Waals surface area contributed by atoms with Crippen molar-refractivity contribution in [3.8, 4) is 11.4 Å². The molecule has 3 heterocycles. The van der Waals surface area contributed by atoms with Gasteiger partial charge in [0.2, 0.25) is 0 Å². The molecule has 4 aromatic rings. The highest BCUT2D eigenvalue weighted by Crippen LogP contribution is 2.20. The van der Waals surface area contributed by atoms with Crippen molar-refractivity contribution in [3.63, 3.8) is 0 Å². The maximum atomic E-state index is 13.6. The summed E-state index contributed by atoms with van der Waals surface area (Å²) in [5.74, 6) is 1.18. The summed E-state index contributed by atoms with van der Waals surface area (Å²) in [4.78, 5) is 4.39. The SMILES string of the molecule is CCc1cc2nnc(C)n2nc1Cn1ccnc1-c1cccc(F)c1. The van der Waals surface area contributed by atoms with E-state index < -0.39 is 0 Å². The summed E-state index contributed by atoms with van der Waals surface area (Å²) in [6.07, 6.45) is 4.44. The van der Waals surface area contributed by atoms with Gasteiger partial charge in [-0.25, -0.2) is 9.37 Å². The predicted molar refractivity (Wildman–Crippen MR) is 91.6 cm³/mol. The fourth-order valence-electron chi connectivity index (χ4n) is 2.94. The van der Waals surface area contributed by atoms with Gasteiger partial charge >= 0.3 is 0 Å². The van der Waals surface area contributed by atoms with E-state index in [1.165, 1.54) is 12.1 Å². The average molecular weight is 336 g/mol. The van der Waals surface area contributed by atoms with Crippen LogP contribution >= 0.6 is 0 Å². The Morgan fingerprint density at radius 2 is 2.04 bits per heavy atom. The smallest absolute Gasteiger partial charge is 0.178 e. The van der Waals surface area contributed by atoms with Gasteiger partial charge in [-0.1, -0.05) is 19.1 Å². The van der Waals surface area contributed by atoms with Crippen molar-refractivity contribution in [1.29, 1.82) is 0 Å². The second-order valence-electron chi connectivity index (χ2n) is 5.88. The Labute approximate surface area is 144 Å². The Morgan fingerprint density at radius 3 is 2.84 bits per heavy atom. The first-order valence-corrected chi connectivity index (χ1v) is 8.13. The molecule has 0 aliphatic heterocycles. The first kappa shape index (κ1) is 15.4. The second kappa shape index (κ2) is 6.08. The van der Waals surface area contributed by atoms with Crippen molar-refractivity contribution < 1.29 is 4.39 Å². The Bertz CT molecular complexity index is 1050. The van der Waals surface area contributed by atoms with E-state index >= 15 is 0 Å². The fraction of sp³-hybridized carbons (Fsp3) is 0.222. The summed E-state index contributed by atoms with van der Waals surface area (Å²) in [7, 11) is 0. The van der Waals surface area contributed by atoms with Crippen LogP contribution in [-0.4, -0.2) is 29.4 Å². The van der Waals surface area contributed by atoms with Gasteiger partial charge in [0.1, 0.15) is 11.6 Å². The summed E-state index contributed by atoms with van der Waals surface area (Å²) in [5.41, 5.74) is 3.52. The zero-order valence-electron chi connectivity index (χ0n) is 14.0. The summed E-state index contributed by atoms with van der Waals surface area (Å²) >= 11 is 0. The van der Waals surface area contributed by atoms with Crippen LogP contribution in [0.25, 0.3) is 17.0 Å². The molecule has 4 rings (SSSR count). The molecule has 0 atom stereocenters. The molecule has 0 saturated heterocycles. The lowest BCUT2D eigenvalue weighted by Crippen LogP contribution is -2.10. The van der Waals surface area contributed by atoms with Crippen molar-refractivity contribution in [2.24, 2.45) is 0 Å². The number of aryl methyl sites for hydroxylation is 2. The van der Waals surface area contributed by atoms with Gasteiger partial charge in [-0.05, 0) is 37.1 Å². The van der Waals surface area contributed by atoms with Crippen LogP contribution in [0.1, 0.15) is 24.0 Å². The van der Waals surface area contributed by atoms with Gasteiger partial charge in [-0.15, -0.1) is 10.2 Å². The maximum absolute atomic E-state index is 13.6. The standard InChI is InChI=1S/C18H17FN6/c1-3-13-10-17-22-21-12(2)25(17)23-16(13)11-24-8-7-20-18(24)14-5-4-6-15(19)9-14/h4-10H,3,11H2,1-2H3. The highest BCUT2D eigenvalue weighted by molar-refractivity contribution is 5.55. The molecule has 7 heteroatoms. The maximum Gasteiger partial charge on any atom is 0.178 e. The molecule has 0 spiro atoms. The predicted octanol–water partition coefficient (Wildman–Crippen LogP) is 3.05. The molecule has 0 bridgehead atoms. The molecule has 25 heavy (non-hydrogen) atoms. The number of nitrogens with zero attached hydrogens (tertiary/aromatic N) is 6. The van der Waals surface area contributed by atoms with Crippen molar-refractivity contribution in [2.75, 3.05) is 0 Å². The molecule has 0 fully saturated rings. The fourth-order valence-corrected chi connectivity index (χ4v) is 2.94. The van der Waals surface area contributed by atoms with Gasteiger partial charge in [0.15, 0.2) is 11.5 Å². The van der Waals surface area contributed by atoms with Crippen molar-refractivity contribution >= 4 is 5.65 Å². The number of fused-ring (bicyclic) bond motifs is 1. The molecule has 0 aliphatic rings. The van der Waals surface area contributed by atoms with E-state index in [-0.39, 0.29) is 5.82 Å². The van der Waals surface area contributed by atoms with Gasteiger partial charge in [0.05, 0.1) is 12.2 Å². The first-order chi connectivity index (χ1) is 12.2. The van der Waals surface area contributed by atoms with Crippen LogP contribution in [0.2, 0.25) is 0 Å². The molecule has 126 valence electrons. The van der Waals surface area contributed by atoms with Crippen LogP contribution in [0.5, 0.6) is 0 Å². The van der Waals surface area contributed by atoms with E-state index in [4.69, 9.17) is 5.10 Å². The molecule has 6 nitrogen and oxygen atoms in total.